The predicted molar refractivity (Wildman–Crippen MR) is 170 cm³/mol. The molecule has 7 nitrogen and oxygen atoms in total. The van der Waals surface area contributed by atoms with Crippen molar-refractivity contribution in [2.75, 3.05) is 13.2 Å². The quantitative estimate of drug-likeness (QED) is 0.113. The van der Waals surface area contributed by atoms with Crippen LogP contribution >= 0.6 is 31.9 Å². The Labute approximate surface area is 270 Å². The molecular weight excluding hydrogens is 700 g/mol. The largest absolute Gasteiger partial charge is 0.494 e. The SMILES string of the molecule is O=C(NNCc1c(F)cccc1F)[C@@]1(Cc2ccc(Br)cc2)N=C(c2ccc(OCCCO)cc2)O[C@H]1c1ccccc1Br. The van der Waals surface area contributed by atoms with Crippen LogP contribution in [-0.2, 0) is 22.5 Å². The Morgan fingerprint density at radius 2 is 1.66 bits per heavy atom. The highest BCUT2D eigenvalue weighted by atomic mass is 79.9. The van der Waals surface area contributed by atoms with Crippen molar-refractivity contribution in [1.29, 1.82) is 0 Å². The zero-order valence-corrected chi connectivity index (χ0v) is 26.6. The molecule has 1 aliphatic rings. The minimum absolute atomic E-state index is 0.0335. The van der Waals surface area contributed by atoms with Gasteiger partial charge in [0.1, 0.15) is 17.4 Å². The first kappa shape index (κ1) is 31.8. The summed E-state index contributed by atoms with van der Waals surface area (Å²) in [6.45, 7) is 0.122. The molecular formula is C33H29Br2F2N3O4. The molecule has 1 aliphatic heterocycles. The monoisotopic (exact) mass is 727 g/mol. The number of amides is 1. The molecule has 0 unspecified atom stereocenters. The molecule has 3 N–H and O–H groups in total. The summed E-state index contributed by atoms with van der Waals surface area (Å²) >= 11 is 7.08. The van der Waals surface area contributed by atoms with Gasteiger partial charge in [0, 0.05) is 51.6 Å². The van der Waals surface area contributed by atoms with Crippen molar-refractivity contribution >= 4 is 43.7 Å². The van der Waals surface area contributed by atoms with E-state index in [1.54, 1.807) is 24.3 Å². The van der Waals surface area contributed by atoms with Crippen LogP contribution in [-0.4, -0.2) is 35.7 Å². The summed E-state index contributed by atoms with van der Waals surface area (Å²) in [5.41, 5.74) is 5.77. The summed E-state index contributed by atoms with van der Waals surface area (Å²) in [5.74, 6) is -1.13. The Bertz CT molecular complexity index is 1620. The molecule has 0 fully saturated rings. The molecule has 0 radical (unpaired) electrons. The van der Waals surface area contributed by atoms with Crippen molar-refractivity contribution < 1.29 is 28.2 Å². The van der Waals surface area contributed by atoms with E-state index < -0.39 is 29.2 Å². The standard InChI is InChI=1S/C33H29Br2F2N3O4/c34-23-13-9-21(10-14-23)19-33(32(42)40-38-20-26-28(36)7-3-8-29(26)37)30(25-5-1-2-6-27(25)35)44-31(39-33)22-11-15-24(16-12-22)43-18-4-17-41/h1-3,5-16,30,38,41H,4,17-20H2,(H,40,42)/t30-,33-/m0/s1. The van der Waals surface area contributed by atoms with E-state index in [1.165, 1.54) is 6.07 Å². The van der Waals surface area contributed by atoms with Gasteiger partial charge in [-0.25, -0.2) is 19.2 Å². The van der Waals surface area contributed by atoms with Gasteiger partial charge >= 0.3 is 0 Å². The predicted octanol–water partition coefficient (Wildman–Crippen LogP) is 6.57. The Morgan fingerprint density at radius 1 is 0.955 bits per heavy atom. The van der Waals surface area contributed by atoms with E-state index in [1.807, 2.05) is 48.5 Å². The molecule has 1 amide bonds. The molecule has 11 heteroatoms. The average Bonchev–Trinajstić information content (AvgIpc) is 3.40. The highest BCUT2D eigenvalue weighted by molar-refractivity contribution is 9.10. The molecule has 2 atom stereocenters. The summed E-state index contributed by atoms with van der Waals surface area (Å²) < 4.78 is 42.4. The maximum Gasteiger partial charge on any atom is 0.266 e. The molecule has 44 heavy (non-hydrogen) atoms. The van der Waals surface area contributed by atoms with E-state index in [4.69, 9.17) is 19.6 Å². The number of hydrogen-bond acceptors (Lipinski definition) is 6. The third-order valence-corrected chi connectivity index (χ3v) is 8.38. The zero-order chi connectivity index (χ0) is 31.1. The van der Waals surface area contributed by atoms with Gasteiger partial charge < -0.3 is 14.6 Å². The zero-order valence-electron chi connectivity index (χ0n) is 23.4. The third kappa shape index (κ3) is 7.18. The first-order valence-corrected chi connectivity index (χ1v) is 15.4. The van der Waals surface area contributed by atoms with Crippen LogP contribution in [0.2, 0.25) is 0 Å². The summed E-state index contributed by atoms with van der Waals surface area (Å²) in [6, 6.07) is 25.7. The van der Waals surface area contributed by atoms with Gasteiger partial charge in [0.2, 0.25) is 5.90 Å². The van der Waals surface area contributed by atoms with Crippen molar-refractivity contribution in [2.24, 2.45) is 4.99 Å². The minimum Gasteiger partial charge on any atom is -0.494 e. The lowest BCUT2D eigenvalue weighted by atomic mass is 9.82. The Kier molecular flexibility index (Phi) is 10.4. The fraction of sp³-hybridized carbons (Fsp3) is 0.212. The summed E-state index contributed by atoms with van der Waals surface area (Å²) in [4.78, 5) is 19.2. The van der Waals surface area contributed by atoms with Crippen LogP contribution < -0.4 is 15.6 Å². The highest BCUT2D eigenvalue weighted by Gasteiger charge is 2.54. The molecule has 5 rings (SSSR count). The van der Waals surface area contributed by atoms with E-state index in [-0.39, 0.29) is 31.0 Å². The second kappa shape index (κ2) is 14.4. The molecule has 0 aromatic heterocycles. The van der Waals surface area contributed by atoms with Crippen LogP contribution in [0.25, 0.3) is 0 Å². The van der Waals surface area contributed by atoms with Crippen LogP contribution in [0.3, 0.4) is 0 Å². The number of nitrogens with zero attached hydrogens (tertiary/aromatic N) is 1. The van der Waals surface area contributed by atoms with Gasteiger partial charge in [-0.1, -0.05) is 68.3 Å². The normalized spacial score (nSPS) is 17.6. The Balaban J connectivity index is 1.53. The molecule has 4 aromatic rings. The summed E-state index contributed by atoms with van der Waals surface area (Å²) in [6.07, 6.45) is -0.208. The van der Waals surface area contributed by atoms with E-state index >= 15 is 0 Å². The number of hydrazine groups is 1. The first-order valence-electron chi connectivity index (χ1n) is 13.9. The van der Waals surface area contributed by atoms with Gasteiger partial charge in [0.15, 0.2) is 11.6 Å². The van der Waals surface area contributed by atoms with Crippen LogP contribution in [0.5, 0.6) is 5.75 Å². The van der Waals surface area contributed by atoms with E-state index in [0.29, 0.717) is 29.9 Å². The number of aliphatic imine (C=N–C) groups is 1. The lowest BCUT2D eigenvalue weighted by Gasteiger charge is -2.31. The number of ether oxygens (including phenoxy) is 2. The van der Waals surface area contributed by atoms with Crippen molar-refractivity contribution in [1.82, 2.24) is 10.9 Å². The molecule has 228 valence electrons. The van der Waals surface area contributed by atoms with Gasteiger partial charge in [0.25, 0.3) is 5.91 Å². The smallest absolute Gasteiger partial charge is 0.266 e. The number of rotatable bonds is 12. The van der Waals surface area contributed by atoms with Crippen molar-refractivity contribution in [3.05, 3.63) is 134 Å². The van der Waals surface area contributed by atoms with Gasteiger partial charge in [0.05, 0.1) is 6.61 Å². The summed E-state index contributed by atoms with van der Waals surface area (Å²) in [7, 11) is 0. The topological polar surface area (TPSA) is 92.2 Å². The number of nitrogens with one attached hydrogen (secondary N) is 2. The minimum atomic E-state index is -1.52. The molecule has 1 heterocycles. The number of aliphatic hydroxyl groups excluding tert-OH is 1. The molecule has 0 aliphatic carbocycles. The van der Waals surface area contributed by atoms with Gasteiger partial charge in [-0.05, 0) is 60.2 Å². The second-order valence-electron chi connectivity index (χ2n) is 10.1. The average molecular weight is 729 g/mol. The molecule has 4 aromatic carbocycles. The maximum absolute atomic E-state index is 14.3. The van der Waals surface area contributed by atoms with Crippen LogP contribution in [0.4, 0.5) is 8.78 Å². The number of hydrogen-bond donors (Lipinski definition) is 3. The molecule has 0 bridgehead atoms. The van der Waals surface area contributed by atoms with E-state index in [2.05, 4.69) is 42.7 Å². The number of carbonyl (C=O) groups is 1. The van der Waals surface area contributed by atoms with Crippen LogP contribution in [0, 0.1) is 11.6 Å². The Hall–Kier alpha value is -3.64. The summed E-state index contributed by atoms with van der Waals surface area (Å²) in [5, 5.41) is 9.03. The number of benzene rings is 4. The molecule has 0 saturated heterocycles. The van der Waals surface area contributed by atoms with E-state index in [0.717, 1.165) is 26.6 Å². The lowest BCUT2D eigenvalue weighted by Crippen LogP contribution is -2.53. The Morgan fingerprint density at radius 3 is 2.34 bits per heavy atom. The fourth-order valence-corrected chi connectivity index (χ4v) is 5.64. The maximum atomic E-state index is 14.3. The number of halogens is 4. The first-order chi connectivity index (χ1) is 21.3. The van der Waals surface area contributed by atoms with Gasteiger partial charge in [-0.2, -0.15) is 0 Å². The van der Waals surface area contributed by atoms with Crippen molar-refractivity contribution in [2.45, 2.75) is 31.0 Å². The molecule has 0 saturated carbocycles. The van der Waals surface area contributed by atoms with Crippen molar-refractivity contribution in [3.8, 4) is 5.75 Å². The van der Waals surface area contributed by atoms with Crippen LogP contribution in [0.15, 0.2) is 105 Å². The fourth-order valence-electron chi connectivity index (χ4n) is 4.88. The van der Waals surface area contributed by atoms with Crippen LogP contribution in [0.1, 0.15) is 34.8 Å². The van der Waals surface area contributed by atoms with E-state index in [9.17, 15) is 13.6 Å². The van der Waals surface area contributed by atoms with Crippen molar-refractivity contribution in [3.63, 3.8) is 0 Å². The number of carbonyl (C=O) groups excluding carboxylic acids is 1. The molecule has 0 spiro atoms. The van der Waals surface area contributed by atoms with Gasteiger partial charge in [-0.15, -0.1) is 0 Å². The van der Waals surface area contributed by atoms with Gasteiger partial charge in [-0.3, -0.25) is 10.2 Å². The third-order valence-electron chi connectivity index (χ3n) is 7.13. The lowest BCUT2D eigenvalue weighted by molar-refractivity contribution is -0.130. The second-order valence-corrected chi connectivity index (χ2v) is 11.9. The number of aliphatic hydroxyl groups is 1. The highest BCUT2D eigenvalue weighted by Crippen LogP contribution is 2.44.